The maximum Gasteiger partial charge on any atom is 0.272 e. The maximum absolute atomic E-state index is 14.8. The summed E-state index contributed by atoms with van der Waals surface area (Å²) in [4.78, 5) is 55.0. The van der Waals surface area contributed by atoms with Crippen LogP contribution in [0.1, 0.15) is 47.5 Å². The lowest BCUT2D eigenvalue weighted by Gasteiger charge is -2.17. The summed E-state index contributed by atoms with van der Waals surface area (Å²) in [6.07, 6.45) is 1.17. The van der Waals surface area contributed by atoms with E-state index in [1.807, 2.05) is 12.1 Å². The number of halogens is 2. The number of thioether (sulfide) groups is 1. The molecule has 13 heteroatoms. The number of carbonyl (C=O) groups excluding carboxylic acids is 4. The van der Waals surface area contributed by atoms with Crippen molar-refractivity contribution in [1.82, 2.24) is 5.32 Å². The Hall–Kier alpha value is -6.52. The Bertz CT molecular complexity index is 2470. The summed E-state index contributed by atoms with van der Waals surface area (Å²) in [5.41, 5.74) is 2.13. The summed E-state index contributed by atoms with van der Waals surface area (Å²) in [5, 5.41) is 20.5. The molecule has 0 saturated carbocycles. The van der Waals surface area contributed by atoms with Gasteiger partial charge in [-0.15, -0.1) is 23.1 Å². The first kappa shape index (κ1) is 39.2. The molecule has 0 aliphatic heterocycles. The van der Waals surface area contributed by atoms with Gasteiger partial charge in [-0.3, -0.25) is 19.2 Å². The van der Waals surface area contributed by atoms with Crippen LogP contribution in [0.3, 0.4) is 0 Å². The number of nitrogens with one attached hydrogen (secondary N) is 4. The molecule has 1 unspecified atom stereocenters. The van der Waals surface area contributed by atoms with E-state index in [4.69, 9.17) is 11.6 Å². The van der Waals surface area contributed by atoms with E-state index in [-0.39, 0.29) is 32.4 Å². The summed E-state index contributed by atoms with van der Waals surface area (Å²) >= 11 is 8.47. The molecule has 56 heavy (non-hydrogen) atoms. The SMILES string of the molecule is Cc1c(C(=O)Nc2ccccc2)sc(NC(=O)C(Sc2cccc(NC(=O)/C(=C\c3c(F)cccc3Cl)NC(=O)c3ccccc3)c2)c2ccccc2)c1C#N. The van der Waals surface area contributed by atoms with E-state index in [9.17, 15) is 28.8 Å². The fourth-order valence-corrected chi connectivity index (χ4v) is 7.81. The van der Waals surface area contributed by atoms with Crippen molar-refractivity contribution in [2.75, 3.05) is 16.0 Å². The summed E-state index contributed by atoms with van der Waals surface area (Å²) in [6.45, 7) is 1.66. The van der Waals surface area contributed by atoms with Gasteiger partial charge >= 0.3 is 0 Å². The highest BCUT2D eigenvalue weighted by Crippen LogP contribution is 2.39. The van der Waals surface area contributed by atoms with E-state index in [1.165, 1.54) is 36.0 Å². The van der Waals surface area contributed by atoms with Crippen LogP contribution in [-0.2, 0) is 9.59 Å². The van der Waals surface area contributed by atoms with E-state index >= 15 is 0 Å². The molecule has 0 aliphatic carbocycles. The zero-order valence-electron chi connectivity index (χ0n) is 29.5. The molecule has 6 rings (SSSR count). The summed E-state index contributed by atoms with van der Waals surface area (Å²) in [7, 11) is 0. The van der Waals surface area contributed by atoms with Crippen molar-refractivity contribution in [2.24, 2.45) is 0 Å². The fourth-order valence-electron chi connectivity index (χ4n) is 5.46. The third-order valence-corrected chi connectivity index (χ3v) is 11.0. The van der Waals surface area contributed by atoms with Crippen molar-refractivity contribution in [2.45, 2.75) is 17.1 Å². The number of rotatable bonds is 12. The first-order chi connectivity index (χ1) is 27.1. The van der Waals surface area contributed by atoms with Crippen molar-refractivity contribution in [3.8, 4) is 6.07 Å². The zero-order valence-corrected chi connectivity index (χ0v) is 31.9. The van der Waals surface area contributed by atoms with Crippen LogP contribution < -0.4 is 21.3 Å². The smallest absolute Gasteiger partial charge is 0.272 e. The molecule has 0 spiro atoms. The number of hydrogen-bond acceptors (Lipinski definition) is 7. The Morgan fingerprint density at radius 1 is 0.786 bits per heavy atom. The molecule has 1 heterocycles. The van der Waals surface area contributed by atoms with E-state index < -0.39 is 34.7 Å². The van der Waals surface area contributed by atoms with Gasteiger partial charge in [-0.05, 0) is 78.7 Å². The van der Waals surface area contributed by atoms with Crippen molar-refractivity contribution < 1.29 is 23.6 Å². The lowest BCUT2D eigenvalue weighted by molar-refractivity contribution is -0.116. The monoisotopic (exact) mass is 799 g/mol. The van der Waals surface area contributed by atoms with Gasteiger partial charge in [-0.2, -0.15) is 5.26 Å². The largest absolute Gasteiger partial charge is 0.321 e. The van der Waals surface area contributed by atoms with Crippen LogP contribution in [0.2, 0.25) is 5.02 Å². The van der Waals surface area contributed by atoms with E-state index in [2.05, 4.69) is 27.3 Å². The third kappa shape index (κ3) is 9.58. The number of nitriles is 1. The number of anilines is 3. The van der Waals surface area contributed by atoms with Gasteiger partial charge in [0, 0.05) is 27.4 Å². The minimum Gasteiger partial charge on any atom is -0.321 e. The van der Waals surface area contributed by atoms with Crippen LogP contribution in [0.25, 0.3) is 6.08 Å². The van der Waals surface area contributed by atoms with Crippen LogP contribution >= 0.6 is 34.7 Å². The fraction of sp³-hybridized carbons (Fsp3) is 0.0465. The minimum absolute atomic E-state index is 0.0409. The Morgan fingerprint density at radius 2 is 1.43 bits per heavy atom. The van der Waals surface area contributed by atoms with Gasteiger partial charge in [0.25, 0.3) is 17.7 Å². The predicted molar refractivity (Wildman–Crippen MR) is 220 cm³/mol. The first-order valence-corrected chi connectivity index (χ1v) is 19.0. The van der Waals surface area contributed by atoms with Crippen LogP contribution in [0, 0.1) is 24.1 Å². The molecule has 9 nitrogen and oxygen atoms in total. The maximum atomic E-state index is 14.8. The number of benzene rings is 5. The summed E-state index contributed by atoms with van der Waals surface area (Å²) in [6, 6.07) is 39.1. The first-order valence-electron chi connectivity index (χ1n) is 17.0. The lowest BCUT2D eigenvalue weighted by Crippen LogP contribution is -2.30. The van der Waals surface area contributed by atoms with E-state index in [1.54, 1.807) is 110 Å². The average Bonchev–Trinajstić information content (AvgIpc) is 3.53. The van der Waals surface area contributed by atoms with Crippen LogP contribution in [-0.4, -0.2) is 23.6 Å². The minimum atomic E-state index is -0.832. The molecule has 0 radical (unpaired) electrons. The molecule has 4 amide bonds. The van der Waals surface area contributed by atoms with Crippen molar-refractivity contribution in [3.05, 3.63) is 183 Å². The molecule has 4 N–H and O–H groups in total. The molecule has 6 aromatic rings. The molecule has 0 saturated heterocycles. The highest BCUT2D eigenvalue weighted by Gasteiger charge is 2.27. The number of nitrogens with zero attached hydrogens (tertiary/aromatic N) is 1. The summed E-state index contributed by atoms with van der Waals surface area (Å²) in [5.74, 6) is -2.88. The zero-order chi connectivity index (χ0) is 39.6. The summed E-state index contributed by atoms with van der Waals surface area (Å²) < 4.78 is 14.8. The van der Waals surface area contributed by atoms with Crippen LogP contribution in [0.4, 0.5) is 20.8 Å². The number of carbonyl (C=O) groups is 4. The van der Waals surface area contributed by atoms with Crippen molar-refractivity contribution >= 4 is 80.8 Å². The molecule has 5 aromatic carbocycles. The highest BCUT2D eigenvalue weighted by atomic mass is 35.5. The second-order valence-corrected chi connectivity index (χ2v) is 14.7. The molecule has 0 fully saturated rings. The van der Waals surface area contributed by atoms with Crippen molar-refractivity contribution in [3.63, 3.8) is 0 Å². The predicted octanol–water partition coefficient (Wildman–Crippen LogP) is 9.85. The lowest BCUT2D eigenvalue weighted by atomic mass is 10.1. The van der Waals surface area contributed by atoms with Gasteiger partial charge in [-0.1, -0.05) is 90.5 Å². The number of amides is 4. The van der Waals surface area contributed by atoms with Gasteiger partial charge in [0.05, 0.1) is 15.5 Å². The molecule has 1 aromatic heterocycles. The Labute approximate surface area is 335 Å². The molecule has 278 valence electrons. The van der Waals surface area contributed by atoms with Crippen LogP contribution in [0.15, 0.2) is 144 Å². The number of hydrogen-bond donors (Lipinski definition) is 4. The Kier molecular flexibility index (Phi) is 12.7. The van der Waals surface area contributed by atoms with E-state index in [0.29, 0.717) is 32.3 Å². The number of thiophene rings is 1. The third-order valence-electron chi connectivity index (χ3n) is 8.24. The van der Waals surface area contributed by atoms with Gasteiger partial charge in [0.2, 0.25) is 5.91 Å². The second-order valence-electron chi connectivity index (χ2n) is 12.1. The van der Waals surface area contributed by atoms with Gasteiger partial charge in [-0.25, -0.2) is 4.39 Å². The molecule has 1 atom stereocenters. The Balaban J connectivity index is 1.24. The van der Waals surface area contributed by atoms with Crippen LogP contribution in [0.5, 0.6) is 0 Å². The number of para-hydroxylation sites is 1. The van der Waals surface area contributed by atoms with Crippen molar-refractivity contribution in [1.29, 1.82) is 5.26 Å². The van der Waals surface area contributed by atoms with E-state index in [0.717, 1.165) is 11.3 Å². The molecule has 0 aliphatic rings. The second kappa shape index (κ2) is 18.2. The molecule has 0 bridgehead atoms. The average molecular weight is 800 g/mol. The Morgan fingerprint density at radius 3 is 2.11 bits per heavy atom. The standard InChI is InChI=1S/C43H31ClFN5O4S2/c1-26-33(25-46)43(56-37(26)41(53)47-29-17-9-4-10-18-29)50-42(54)38(27-13-5-2-6-14-27)55-31-20-11-19-30(23-31)48-40(52)36(24-32-34(44)21-12-22-35(32)45)49-39(51)28-15-7-3-8-16-28/h2-24,38H,1H3,(H,47,53)(H,48,52)(H,49,51)(H,50,54)/b36-24+. The highest BCUT2D eigenvalue weighted by molar-refractivity contribution is 8.00. The van der Waals surface area contributed by atoms with Gasteiger partial charge in [0.15, 0.2) is 0 Å². The quantitative estimate of drug-likeness (QED) is 0.0718. The topological polar surface area (TPSA) is 140 Å². The molecular formula is C43H31ClFN5O4S2. The molecular weight excluding hydrogens is 769 g/mol. The normalized spacial score (nSPS) is 11.5. The van der Waals surface area contributed by atoms with Gasteiger partial charge < -0.3 is 21.3 Å². The van der Waals surface area contributed by atoms with Gasteiger partial charge in [0.1, 0.15) is 27.8 Å².